The van der Waals surface area contributed by atoms with Crippen molar-refractivity contribution < 1.29 is 24.1 Å². The SMILES string of the molecule is CCCCC[C@H](O)/C=C/[C@H]1CC[C@H]2O/C(=C\CCCC(=O)O)C(F)[C@H]12. The predicted octanol–water partition coefficient (Wildman–Crippen LogP) is 4.39. The van der Waals surface area contributed by atoms with Crippen molar-refractivity contribution in [1.82, 2.24) is 0 Å². The summed E-state index contributed by atoms with van der Waals surface area (Å²) in [5.74, 6) is -0.528. The molecular weight excluding hydrogens is 323 g/mol. The van der Waals surface area contributed by atoms with Crippen molar-refractivity contribution in [2.24, 2.45) is 11.8 Å². The Morgan fingerprint density at radius 1 is 1.36 bits per heavy atom. The molecule has 5 heteroatoms. The quantitative estimate of drug-likeness (QED) is 0.451. The maximum absolute atomic E-state index is 14.7. The average Bonchev–Trinajstić information content (AvgIpc) is 3.10. The van der Waals surface area contributed by atoms with Gasteiger partial charge in [0.1, 0.15) is 11.9 Å². The summed E-state index contributed by atoms with van der Waals surface area (Å²) in [6, 6.07) is 0. The lowest BCUT2D eigenvalue weighted by atomic mass is 9.90. The third-order valence-corrected chi connectivity index (χ3v) is 5.23. The lowest BCUT2D eigenvalue weighted by molar-refractivity contribution is -0.137. The number of aliphatic hydroxyl groups is 1. The molecule has 0 aromatic rings. The molecule has 0 aromatic heterocycles. The van der Waals surface area contributed by atoms with Crippen LogP contribution in [-0.4, -0.2) is 34.6 Å². The van der Waals surface area contributed by atoms with E-state index in [4.69, 9.17) is 9.84 Å². The van der Waals surface area contributed by atoms with Crippen LogP contribution in [0.3, 0.4) is 0 Å². The van der Waals surface area contributed by atoms with E-state index in [1.54, 1.807) is 6.08 Å². The van der Waals surface area contributed by atoms with Gasteiger partial charge in [-0.2, -0.15) is 0 Å². The Bertz CT molecular complexity index is 488. The number of halogens is 1. The summed E-state index contributed by atoms with van der Waals surface area (Å²) in [6.07, 6.45) is 10.7. The summed E-state index contributed by atoms with van der Waals surface area (Å²) in [7, 11) is 0. The molecule has 2 aliphatic rings. The molecule has 1 aliphatic carbocycles. The fourth-order valence-corrected chi connectivity index (χ4v) is 3.84. The van der Waals surface area contributed by atoms with Crippen LogP contribution in [0.25, 0.3) is 0 Å². The standard InChI is InChI=1S/C20H31FO4/c1-2-3-4-7-15(22)12-10-14-11-13-16-19(14)20(21)17(25-16)8-5-6-9-18(23)24/h8,10,12,14-16,19-20,22H,2-7,9,11,13H2,1H3,(H,23,24)/b12-10+,17-8-/t14-,15-,16+,19+,20?/m0/s1. The van der Waals surface area contributed by atoms with Gasteiger partial charge in [-0.1, -0.05) is 38.3 Å². The molecule has 142 valence electrons. The normalized spacial score (nSPS) is 31.4. The molecule has 0 bridgehead atoms. The summed E-state index contributed by atoms with van der Waals surface area (Å²) in [6.45, 7) is 2.13. The number of rotatable bonds is 10. The summed E-state index contributed by atoms with van der Waals surface area (Å²) in [5.41, 5.74) is 0. The molecule has 2 rings (SSSR count). The van der Waals surface area contributed by atoms with Crippen LogP contribution in [0.5, 0.6) is 0 Å². The predicted molar refractivity (Wildman–Crippen MR) is 94.8 cm³/mol. The van der Waals surface area contributed by atoms with Crippen LogP contribution in [0, 0.1) is 11.8 Å². The Hall–Kier alpha value is -1.36. The van der Waals surface area contributed by atoms with Gasteiger partial charge in [0.05, 0.1) is 6.10 Å². The Labute approximate surface area is 149 Å². The Kier molecular flexibility index (Phi) is 7.94. The maximum atomic E-state index is 14.7. The minimum atomic E-state index is -1.12. The van der Waals surface area contributed by atoms with Crippen LogP contribution in [0.15, 0.2) is 24.0 Å². The van der Waals surface area contributed by atoms with E-state index in [2.05, 4.69) is 6.92 Å². The molecule has 0 radical (unpaired) electrons. The van der Waals surface area contributed by atoms with Crippen molar-refractivity contribution in [3.05, 3.63) is 24.0 Å². The lowest BCUT2D eigenvalue weighted by Gasteiger charge is -2.15. The molecule has 4 nitrogen and oxygen atoms in total. The van der Waals surface area contributed by atoms with Crippen LogP contribution in [0.4, 0.5) is 4.39 Å². The van der Waals surface area contributed by atoms with Crippen LogP contribution < -0.4 is 0 Å². The molecule has 2 fully saturated rings. The molecule has 25 heavy (non-hydrogen) atoms. The number of carboxylic acids is 1. The second-order valence-corrected chi connectivity index (χ2v) is 7.22. The van der Waals surface area contributed by atoms with Crippen molar-refractivity contribution in [3.8, 4) is 0 Å². The van der Waals surface area contributed by atoms with Crippen LogP contribution in [0.2, 0.25) is 0 Å². The Morgan fingerprint density at radius 2 is 2.16 bits per heavy atom. The van der Waals surface area contributed by atoms with Crippen molar-refractivity contribution in [2.45, 2.75) is 83.1 Å². The number of carboxylic acid groups (broad SMARTS) is 1. The first kappa shape index (κ1) is 20.0. The van der Waals surface area contributed by atoms with Crippen LogP contribution in [0.1, 0.15) is 64.7 Å². The highest BCUT2D eigenvalue weighted by Gasteiger charge is 2.49. The zero-order chi connectivity index (χ0) is 18.2. The number of aliphatic hydroxyl groups excluding tert-OH is 1. The van der Waals surface area contributed by atoms with E-state index in [1.165, 1.54) is 0 Å². The molecule has 5 atom stereocenters. The molecular formula is C20H31FO4. The largest absolute Gasteiger partial charge is 0.492 e. The molecule has 1 aliphatic heterocycles. The molecule has 0 aromatic carbocycles. The van der Waals surface area contributed by atoms with Gasteiger partial charge >= 0.3 is 5.97 Å². The van der Waals surface area contributed by atoms with Gasteiger partial charge in [-0.05, 0) is 44.1 Å². The van der Waals surface area contributed by atoms with Gasteiger partial charge < -0.3 is 14.9 Å². The first-order valence-corrected chi connectivity index (χ1v) is 9.61. The molecule has 1 saturated carbocycles. The fourth-order valence-electron chi connectivity index (χ4n) is 3.84. The number of alkyl halides is 1. The third kappa shape index (κ3) is 5.84. The molecule has 1 saturated heterocycles. The van der Waals surface area contributed by atoms with Gasteiger partial charge in [0.25, 0.3) is 0 Å². The second-order valence-electron chi connectivity index (χ2n) is 7.22. The van der Waals surface area contributed by atoms with Gasteiger partial charge in [-0.15, -0.1) is 0 Å². The van der Waals surface area contributed by atoms with Crippen LogP contribution in [-0.2, 0) is 9.53 Å². The summed E-state index contributed by atoms with van der Waals surface area (Å²) < 4.78 is 20.5. The fraction of sp³-hybridized carbons (Fsp3) is 0.750. The summed E-state index contributed by atoms with van der Waals surface area (Å²) >= 11 is 0. The number of hydrogen-bond donors (Lipinski definition) is 2. The average molecular weight is 354 g/mol. The summed E-state index contributed by atoms with van der Waals surface area (Å²) in [5, 5.41) is 18.7. The van der Waals surface area contributed by atoms with E-state index in [9.17, 15) is 14.3 Å². The highest BCUT2D eigenvalue weighted by Crippen LogP contribution is 2.47. The first-order chi connectivity index (χ1) is 12.0. The monoisotopic (exact) mass is 354 g/mol. The van der Waals surface area contributed by atoms with Gasteiger partial charge in [0, 0.05) is 12.3 Å². The highest BCUT2D eigenvalue weighted by molar-refractivity contribution is 5.66. The highest BCUT2D eigenvalue weighted by atomic mass is 19.1. The van der Waals surface area contributed by atoms with E-state index in [0.29, 0.717) is 18.6 Å². The van der Waals surface area contributed by atoms with Gasteiger partial charge in [-0.3, -0.25) is 4.79 Å². The number of fused-ring (bicyclic) bond motifs is 1. The van der Waals surface area contributed by atoms with Crippen molar-refractivity contribution >= 4 is 5.97 Å². The number of carbonyl (C=O) groups is 1. The number of unbranched alkanes of at least 4 members (excludes halogenated alkanes) is 3. The number of hydrogen-bond acceptors (Lipinski definition) is 3. The number of allylic oxidation sites excluding steroid dienone is 3. The minimum absolute atomic E-state index is 0.0902. The Morgan fingerprint density at radius 3 is 2.88 bits per heavy atom. The van der Waals surface area contributed by atoms with E-state index in [-0.39, 0.29) is 24.4 Å². The minimum Gasteiger partial charge on any atom is -0.492 e. The Balaban J connectivity index is 1.84. The topological polar surface area (TPSA) is 66.8 Å². The van der Waals surface area contributed by atoms with Crippen LogP contribution >= 0.6 is 0 Å². The number of aliphatic carboxylic acids is 1. The lowest BCUT2D eigenvalue weighted by Crippen LogP contribution is -2.21. The molecule has 1 heterocycles. The van der Waals surface area contributed by atoms with E-state index in [0.717, 1.165) is 38.5 Å². The number of ether oxygens (including phenoxy) is 1. The molecule has 0 amide bonds. The second kappa shape index (κ2) is 9.95. The molecule has 1 unspecified atom stereocenters. The van der Waals surface area contributed by atoms with Gasteiger partial charge in [0.15, 0.2) is 6.17 Å². The zero-order valence-electron chi connectivity index (χ0n) is 15.1. The van der Waals surface area contributed by atoms with Crippen molar-refractivity contribution in [1.29, 1.82) is 0 Å². The van der Waals surface area contributed by atoms with E-state index < -0.39 is 18.2 Å². The van der Waals surface area contributed by atoms with Gasteiger partial charge in [-0.25, -0.2) is 4.39 Å². The van der Waals surface area contributed by atoms with Crippen molar-refractivity contribution in [3.63, 3.8) is 0 Å². The van der Waals surface area contributed by atoms with E-state index >= 15 is 0 Å². The van der Waals surface area contributed by atoms with Gasteiger partial charge in [0.2, 0.25) is 0 Å². The third-order valence-electron chi connectivity index (χ3n) is 5.23. The molecule has 2 N–H and O–H groups in total. The molecule has 0 spiro atoms. The maximum Gasteiger partial charge on any atom is 0.303 e. The first-order valence-electron chi connectivity index (χ1n) is 9.61. The van der Waals surface area contributed by atoms with Crippen molar-refractivity contribution in [2.75, 3.05) is 0 Å². The zero-order valence-corrected chi connectivity index (χ0v) is 15.1. The van der Waals surface area contributed by atoms with E-state index in [1.807, 2.05) is 12.2 Å². The summed E-state index contributed by atoms with van der Waals surface area (Å²) in [4.78, 5) is 10.5. The smallest absolute Gasteiger partial charge is 0.303 e.